The van der Waals surface area contributed by atoms with Gasteiger partial charge in [-0.2, -0.15) is 0 Å². The molecule has 156 valence electrons. The normalized spacial score (nSPS) is 13.7. The maximum Gasteiger partial charge on any atom is 0.191 e. The van der Waals surface area contributed by atoms with Crippen molar-refractivity contribution in [3.63, 3.8) is 0 Å². The highest BCUT2D eigenvalue weighted by Crippen LogP contribution is 2.43. The van der Waals surface area contributed by atoms with Gasteiger partial charge in [0, 0.05) is 35.0 Å². The summed E-state index contributed by atoms with van der Waals surface area (Å²) < 4.78 is 0. The maximum absolute atomic E-state index is 13.0. The number of fused-ring (bicyclic) bond motifs is 2. The molecule has 0 radical (unpaired) electrons. The summed E-state index contributed by atoms with van der Waals surface area (Å²) in [6, 6.07) is 19.7. The van der Waals surface area contributed by atoms with E-state index in [9.17, 15) is 4.79 Å². The number of hydrogen-bond acceptors (Lipinski definition) is 3. The van der Waals surface area contributed by atoms with Crippen molar-refractivity contribution in [3.8, 4) is 22.4 Å². The van der Waals surface area contributed by atoms with Crippen LogP contribution < -0.4 is 5.43 Å². The summed E-state index contributed by atoms with van der Waals surface area (Å²) in [5.74, 6) is 0.597. The molecule has 3 heterocycles. The van der Waals surface area contributed by atoms with E-state index >= 15 is 0 Å². The average molecular weight is 438 g/mol. The molecule has 32 heavy (non-hydrogen) atoms. The minimum atomic E-state index is -0.00341. The number of hydrogen-bond donors (Lipinski definition) is 1. The van der Waals surface area contributed by atoms with Crippen LogP contribution in [0.3, 0.4) is 0 Å². The lowest BCUT2D eigenvalue weighted by Crippen LogP contribution is -2.09. The lowest BCUT2D eigenvalue weighted by atomic mass is 9.89. The highest BCUT2D eigenvalue weighted by molar-refractivity contribution is 6.35. The van der Waals surface area contributed by atoms with Crippen LogP contribution in [-0.2, 0) is 6.42 Å². The van der Waals surface area contributed by atoms with Crippen LogP contribution in [-0.4, -0.2) is 15.0 Å². The predicted octanol–water partition coefficient (Wildman–Crippen LogP) is 6.41. The number of pyridine rings is 3. The van der Waals surface area contributed by atoms with E-state index in [0.717, 1.165) is 45.3 Å². The fraction of sp³-hybridized carbons (Fsp3) is 0.148. The number of halogens is 1. The first-order valence-corrected chi connectivity index (χ1v) is 11.2. The summed E-state index contributed by atoms with van der Waals surface area (Å²) in [6.45, 7) is 0. The summed E-state index contributed by atoms with van der Waals surface area (Å²) >= 11 is 6.68. The fourth-order valence-electron chi connectivity index (χ4n) is 4.51. The van der Waals surface area contributed by atoms with E-state index in [1.807, 2.05) is 36.4 Å². The van der Waals surface area contributed by atoms with Crippen molar-refractivity contribution >= 4 is 33.5 Å². The molecule has 1 aliphatic carbocycles. The van der Waals surface area contributed by atoms with E-state index < -0.39 is 0 Å². The molecule has 0 spiro atoms. The van der Waals surface area contributed by atoms with Crippen molar-refractivity contribution < 1.29 is 0 Å². The van der Waals surface area contributed by atoms with E-state index in [2.05, 4.69) is 28.2 Å². The zero-order chi connectivity index (χ0) is 21.7. The Hall–Kier alpha value is -3.50. The summed E-state index contributed by atoms with van der Waals surface area (Å²) in [4.78, 5) is 25.6. The average Bonchev–Trinajstić information content (AvgIpc) is 3.63. The molecule has 2 aromatic carbocycles. The molecule has 0 atom stereocenters. The zero-order valence-electron chi connectivity index (χ0n) is 17.3. The molecule has 1 fully saturated rings. The fourth-order valence-corrected chi connectivity index (χ4v) is 4.78. The van der Waals surface area contributed by atoms with Gasteiger partial charge in [-0.3, -0.25) is 9.78 Å². The van der Waals surface area contributed by atoms with Crippen molar-refractivity contribution in [1.82, 2.24) is 15.0 Å². The molecule has 5 aromatic rings. The van der Waals surface area contributed by atoms with Gasteiger partial charge in [0.15, 0.2) is 5.43 Å². The van der Waals surface area contributed by atoms with Crippen LogP contribution in [0.5, 0.6) is 0 Å². The largest absolute Gasteiger partial charge is 0.346 e. The molecule has 0 aliphatic heterocycles. The number of H-pyrrole nitrogens is 1. The van der Waals surface area contributed by atoms with Gasteiger partial charge in [-0.05, 0) is 54.5 Å². The SMILES string of the molecule is O=c1cc[nH]c2nc(-c3ccccc3)c(-c3cc(Cl)c4ncccc4c3)c(CC3CC3)c12. The van der Waals surface area contributed by atoms with Crippen molar-refractivity contribution in [2.45, 2.75) is 19.3 Å². The van der Waals surface area contributed by atoms with Gasteiger partial charge in [-0.1, -0.05) is 48.0 Å². The Balaban J connectivity index is 1.76. The third-order valence-corrected chi connectivity index (χ3v) is 6.47. The van der Waals surface area contributed by atoms with Crippen molar-refractivity contribution in [2.24, 2.45) is 5.92 Å². The third kappa shape index (κ3) is 3.28. The molecule has 5 heteroatoms. The standard InChI is InChI=1S/C27H20ClN3O/c28-21-15-19(14-18-7-4-11-29-25(18)21)23-20(13-16-8-9-16)24-22(32)10-12-30-27(24)31-26(23)17-5-2-1-3-6-17/h1-7,10-12,14-16H,8-9,13H2,(H,30,31,32). The molecule has 0 bridgehead atoms. The van der Waals surface area contributed by atoms with Crippen molar-refractivity contribution in [2.75, 3.05) is 0 Å². The van der Waals surface area contributed by atoms with Gasteiger partial charge >= 0.3 is 0 Å². The quantitative estimate of drug-likeness (QED) is 0.353. The molecule has 3 aromatic heterocycles. The topological polar surface area (TPSA) is 58.6 Å². The minimum absolute atomic E-state index is 0.00341. The summed E-state index contributed by atoms with van der Waals surface area (Å²) in [5.41, 5.74) is 6.26. The van der Waals surface area contributed by atoms with Crippen molar-refractivity contribution in [3.05, 3.63) is 93.9 Å². The van der Waals surface area contributed by atoms with Gasteiger partial charge in [-0.15, -0.1) is 0 Å². The van der Waals surface area contributed by atoms with Crippen LogP contribution >= 0.6 is 11.6 Å². The predicted molar refractivity (Wildman–Crippen MR) is 130 cm³/mol. The van der Waals surface area contributed by atoms with Gasteiger partial charge in [0.1, 0.15) is 5.65 Å². The number of nitrogens with zero attached hydrogens (tertiary/aromatic N) is 2. The second kappa shape index (κ2) is 7.57. The van der Waals surface area contributed by atoms with Gasteiger partial charge < -0.3 is 4.98 Å². The van der Waals surface area contributed by atoms with Crippen LogP contribution in [0, 0.1) is 5.92 Å². The van der Waals surface area contributed by atoms with Crippen LogP contribution in [0.1, 0.15) is 18.4 Å². The minimum Gasteiger partial charge on any atom is -0.346 e. The molecule has 1 aliphatic rings. The Morgan fingerprint density at radius 3 is 2.66 bits per heavy atom. The molecule has 4 nitrogen and oxygen atoms in total. The van der Waals surface area contributed by atoms with Crippen LogP contribution in [0.25, 0.3) is 44.3 Å². The highest BCUT2D eigenvalue weighted by atomic mass is 35.5. The molecule has 0 saturated heterocycles. The highest BCUT2D eigenvalue weighted by Gasteiger charge is 2.27. The van der Waals surface area contributed by atoms with E-state index in [-0.39, 0.29) is 5.43 Å². The summed E-state index contributed by atoms with van der Waals surface area (Å²) in [7, 11) is 0. The monoisotopic (exact) mass is 437 g/mol. The van der Waals surface area contributed by atoms with Gasteiger partial charge in [-0.25, -0.2) is 4.98 Å². The lowest BCUT2D eigenvalue weighted by molar-refractivity contribution is 0.838. The molecular weight excluding hydrogens is 418 g/mol. The number of nitrogens with one attached hydrogen (secondary N) is 1. The molecular formula is C27H20ClN3O. The summed E-state index contributed by atoms with van der Waals surface area (Å²) in [6.07, 6.45) is 6.66. The van der Waals surface area contributed by atoms with Gasteiger partial charge in [0.25, 0.3) is 0 Å². The van der Waals surface area contributed by atoms with Crippen LogP contribution in [0.4, 0.5) is 0 Å². The second-order valence-corrected chi connectivity index (χ2v) is 8.83. The smallest absolute Gasteiger partial charge is 0.191 e. The zero-order valence-corrected chi connectivity index (χ0v) is 18.1. The molecule has 0 amide bonds. The van der Waals surface area contributed by atoms with Gasteiger partial charge in [0.2, 0.25) is 0 Å². The molecule has 6 rings (SSSR count). The van der Waals surface area contributed by atoms with Crippen molar-refractivity contribution in [1.29, 1.82) is 0 Å². The number of benzene rings is 2. The van der Waals surface area contributed by atoms with E-state index in [4.69, 9.17) is 16.6 Å². The Kier molecular flexibility index (Phi) is 4.54. The first kappa shape index (κ1) is 19.2. The number of aromatic amines is 1. The molecule has 1 saturated carbocycles. The maximum atomic E-state index is 13.0. The Labute approximate surface area is 189 Å². The Morgan fingerprint density at radius 1 is 1.00 bits per heavy atom. The lowest BCUT2D eigenvalue weighted by Gasteiger charge is -2.18. The molecule has 0 unspecified atom stereocenters. The number of rotatable bonds is 4. The third-order valence-electron chi connectivity index (χ3n) is 6.19. The first-order chi connectivity index (χ1) is 15.7. The summed E-state index contributed by atoms with van der Waals surface area (Å²) in [5, 5.41) is 2.24. The first-order valence-electron chi connectivity index (χ1n) is 10.8. The number of aromatic nitrogens is 3. The van der Waals surface area contributed by atoms with E-state index in [0.29, 0.717) is 22.0 Å². The van der Waals surface area contributed by atoms with Crippen LogP contribution in [0.2, 0.25) is 5.02 Å². The van der Waals surface area contributed by atoms with Crippen LogP contribution in [0.15, 0.2) is 77.9 Å². The Morgan fingerprint density at radius 2 is 1.84 bits per heavy atom. The van der Waals surface area contributed by atoms with E-state index in [1.54, 1.807) is 18.5 Å². The molecule has 1 N–H and O–H groups in total. The second-order valence-electron chi connectivity index (χ2n) is 8.43. The Bertz CT molecular complexity index is 1540. The van der Waals surface area contributed by atoms with E-state index in [1.165, 1.54) is 12.8 Å². The van der Waals surface area contributed by atoms with Gasteiger partial charge in [0.05, 0.1) is 21.6 Å².